The topological polar surface area (TPSA) is 88.3 Å². The second-order valence-electron chi connectivity index (χ2n) is 9.32. The van der Waals surface area contributed by atoms with Gasteiger partial charge in [-0.25, -0.2) is 4.39 Å². The first-order valence-corrected chi connectivity index (χ1v) is 12.3. The third kappa shape index (κ3) is 5.03. The first kappa shape index (κ1) is 24.4. The van der Waals surface area contributed by atoms with Crippen molar-refractivity contribution in [3.8, 4) is 0 Å². The molecule has 1 aliphatic rings. The fourth-order valence-corrected chi connectivity index (χ4v) is 5.18. The summed E-state index contributed by atoms with van der Waals surface area (Å²) in [6.07, 6.45) is -0.183. The summed E-state index contributed by atoms with van der Waals surface area (Å²) in [6, 6.07) is 23.2. The summed E-state index contributed by atoms with van der Waals surface area (Å²) >= 11 is 0. The van der Waals surface area contributed by atoms with Gasteiger partial charge in [-0.2, -0.15) is 0 Å². The van der Waals surface area contributed by atoms with E-state index in [0.29, 0.717) is 36.0 Å². The molecule has 1 saturated heterocycles. The van der Waals surface area contributed by atoms with E-state index in [0.717, 1.165) is 16.7 Å². The van der Waals surface area contributed by atoms with Crippen molar-refractivity contribution < 1.29 is 23.5 Å². The zero-order chi connectivity index (χ0) is 25.9. The molecule has 2 N–H and O–H groups in total. The van der Waals surface area contributed by atoms with Gasteiger partial charge in [0.25, 0.3) is 0 Å². The molecule has 2 heterocycles. The van der Waals surface area contributed by atoms with Gasteiger partial charge in [-0.05, 0) is 41.3 Å². The van der Waals surface area contributed by atoms with Crippen molar-refractivity contribution in [3.05, 3.63) is 107 Å². The Morgan fingerprint density at radius 3 is 2.43 bits per heavy atom. The van der Waals surface area contributed by atoms with Crippen LogP contribution in [0.15, 0.2) is 78.9 Å². The van der Waals surface area contributed by atoms with Gasteiger partial charge < -0.3 is 15.0 Å². The van der Waals surface area contributed by atoms with E-state index in [2.05, 4.69) is 10.3 Å². The summed E-state index contributed by atoms with van der Waals surface area (Å²) in [6.45, 7) is 1.76. The molecule has 6 nitrogen and oxygen atoms in total. The maximum atomic E-state index is 14.3. The average Bonchev–Trinajstić information content (AvgIpc) is 3.37. The smallest absolute Gasteiger partial charge is 0.318 e. The average molecular weight is 499 g/mol. The molecule has 0 aliphatic carbocycles. The van der Waals surface area contributed by atoms with E-state index in [1.54, 1.807) is 6.07 Å². The lowest BCUT2D eigenvalue weighted by Gasteiger charge is -2.22. The van der Waals surface area contributed by atoms with Crippen LogP contribution >= 0.6 is 0 Å². The summed E-state index contributed by atoms with van der Waals surface area (Å²) in [5, 5.41) is 3.44. The lowest BCUT2D eigenvalue weighted by atomic mass is 9.79. The molecule has 0 spiro atoms. The van der Waals surface area contributed by atoms with Gasteiger partial charge in [0.05, 0.1) is 0 Å². The number of ketones is 1. The maximum absolute atomic E-state index is 14.3. The van der Waals surface area contributed by atoms with Crippen molar-refractivity contribution in [1.82, 2.24) is 10.3 Å². The van der Waals surface area contributed by atoms with Crippen molar-refractivity contribution in [3.63, 3.8) is 0 Å². The quantitative estimate of drug-likeness (QED) is 0.277. The summed E-state index contributed by atoms with van der Waals surface area (Å²) in [7, 11) is 0. The molecule has 3 atom stereocenters. The number of halogens is 1. The number of ether oxygens (including phenoxy) is 1. The van der Waals surface area contributed by atoms with Crippen molar-refractivity contribution >= 4 is 28.6 Å². The van der Waals surface area contributed by atoms with Gasteiger partial charge in [0.15, 0.2) is 11.9 Å². The Labute approximate surface area is 213 Å². The predicted octanol–water partition coefficient (Wildman–Crippen LogP) is 4.47. The number of H-pyrrole nitrogens is 1. The minimum atomic E-state index is -1.06. The summed E-state index contributed by atoms with van der Waals surface area (Å²) in [4.78, 5) is 41.9. The number of cyclic esters (lactones) is 1. The number of aromatic amines is 1. The number of Topliss-reactive ketones (excluding diaryl/α,β-unsaturated/α-hetero) is 1. The van der Waals surface area contributed by atoms with Gasteiger partial charge in [-0.15, -0.1) is 0 Å². The van der Waals surface area contributed by atoms with Gasteiger partial charge >= 0.3 is 5.97 Å². The highest BCUT2D eigenvalue weighted by Gasteiger charge is 2.49. The second-order valence-corrected chi connectivity index (χ2v) is 9.32. The van der Waals surface area contributed by atoms with Crippen molar-refractivity contribution in [2.45, 2.75) is 31.8 Å². The molecule has 0 saturated carbocycles. The zero-order valence-corrected chi connectivity index (χ0v) is 20.4. The second kappa shape index (κ2) is 10.4. The highest BCUT2D eigenvalue weighted by atomic mass is 19.1. The van der Waals surface area contributed by atoms with E-state index in [1.807, 2.05) is 60.7 Å². The minimum absolute atomic E-state index is 0.175. The van der Waals surface area contributed by atoms with Crippen LogP contribution < -0.4 is 5.32 Å². The third-order valence-corrected chi connectivity index (χ3v) is 6.85. The van der Waals surface area contributed by atoms with Crippen LogP contribution in [0.1, 0.15) is 35.2 Å². The van der Waals surface area contributed by atoms with Gasteiger partial charge in [0, 0.05) is 42.4 Å². The Morgan fingerprint density at radius 1 is 1.03 bits per heavy atom. The summed E-state index contributed by atoms with van der Waals surface area (Å²) in [5.74, 6) is -3.14. The number of hydrogen-bond donors (Lipinski definition) is 2. The Hall–Kier alpha value is -4.26. The first-order valence-electron chi connectivity index (χ1n) is 12.3. The van der Waals surface area contributed by atoms with E-state index in [1.165, 1.54) is 19.1 Å². The van der Waals surface area contributed by atoms with Crippen LogP contribution in [-0.4, -0.2) is 35.3 Å². The fraction of sp³-hybridized carbons (Fsp3) is 0.233. The predicted molar refractivity (Wildman–Crippen MR) is 137 cm³/mol. The maximum Gasteiger partial charge on any atom is 0.318 e. The van der Waals surface area contributed by atoms with Gasteiger partial charge in [0.1, 0.15) is 11.7 Å². The number of aromatic nitrogens is 1. The standard InChI is InChI=1S/C30H27FN2O4/c1-18(34)32-15-14-22-23-17-21(31)12-13-24(23)33-28(22)26(20-10-6-3-7-11-20)27-29(35)25(37-30(27)36)16-19-8-4-2-5-9-19/h2-13,17,25-27,33H,14-16H2,1H3,(H,32,34). The van der Waals surface area contributed by atoms with Crippen LogP contribution in [0.25, 0.3) is 10.9 Å². The van der Waals surface area contributed by atoms with Crippen LogP contribution in [-0.2, 0) is 32.0 Å². The first-order chi connectivity index (χ1) is 17.9. The molecule has 0 bridgehead atoms. The van der Waals surface area contributed by atoms with Crippen LogP contribution in [0.2, 0.25) is 0 Å². The molecule has 1 aromatic heterocycles. The third-order valence-electron chi connectivity index (χ3n) is 6.85. The number of carbonyl (C=O) groups is 3. The molecule has 0 radical (unpaired) electrons. The number of carbonyl (C=O) groups excluding carboxylic acids is 3. The van der Waals surface area contributed by atoms with Crippen LogP contribution in [0, 0.1) is 11.7 Å². The highest BCUT2D eigenvalue weighted by molar-refractivity contribution is 6.08. The lowest BCUT2D eigenvalue weighted by Crippen LogP contribution is -2.29. The number of esters is 1. The monoisotopic (exact) mass is 498 g/mol. The number of nitrogens with one attached hydrogen (secondary N) is 2. The van der Waals surface area contributed by atoms with Gasteiger partial charge in [-0.3, -0.25) is 14.4 Å². The van der Waals surface area contributed by atoms with Gasteiger partial charge in [-0.1, -0.05) is 60.7 Å². The summed E-state index contributed by atoms with van der Waals surface area (Å²) in [5.41, 5.74) is 3.76. The zero-order valence-electron chi connectivity index (χ0n) is 20.4. The fourth-order valence-electron chi connectivity index (χ4n) is 5.18. The molecule has 7 heteroatoms. The van der Waals surface area contributed by atoms with E-state index >= 15 is 0 Å². The van der Waals surface area contributed by atoms with E-state index in [4.69, 9.17) is 4.74 Å². The Kier molecular flexibility index (Phi) is 6.86. The number of rotatable bonds is 8. The Balaban J connectivity index is 1.60. The normalized spacial score (nSPS) is 18.1. The molecule has 3 unspecified atom stereocenters. The Bertz CT molecular complexity index is 1450. The molecule has 3 aromatic carbocycles. The van der Waals surface area contributed by atoms with Gasteiger partial charge in [0.2, 0.25) is 5.91 Å². The van der Waals surface area contributed by atoms with E-state index in [9.17, 15) is 18.8 Å². The van der Waals surface area contributed by atoms with Crippen molar-refractivity contribution in [2.75, 3.05) is 6.54 Å². The van der Waals surface area contributed by atoms with E-state index < -0.39 is 29.7 Å². The minimum Gasteiger partial charge on any atom is -0.453 e. The molecule has 1 fully saturated rings. The summed E-state index contributed by atoms with van der Waals surface area (Å²) < 4.78 is 19.9. The number of fused-ring (bicyclic) bond motifs is 1. The van der Waals surface area contributed by atoms with Crippen molar-refractivity contribution in [2.24, 2.45) is 5.92 Å². The molecule has 5 rings (SSSR count). The number of hydrogen-bond acceptors (Lipinski definition) is 4. The SMILES string of the molecule is CC(=O)NCCc1c(C(c2ccccc2)C2C(=O)OC(Cc3ccccc3)C2=O)[nH]c2ccc(F)cc12. The molecule has 188 valence electrons. The van der Waals surface area contributed by atoms with Crippen LogP contribution in [0.4, 0.5) is 4.39 Å². The molecule has 1 aliphatic heterocycles. The highest BCUT2D eigenvalue weighted by Crippen LogP contribution is 2.41. The Morgan fingerprint density at radius 2 is 1.73 bits per heavy atom. The molecular formula is C30H27FN2O4. The molecule has 1 amide bonds. The van der Waals surface area contributed by atoms with Crippen molar-refractivity contribution in [1.29, 1.82) is 0 Å². The largest absolute Gasteiger partial charge is 0.453 e. The number of benzene rings is 3. The number of amides is 1. The van der Waals surface area contributed by atoms with Crippen LogP contribution in [0.5, 0.6) is 0 Å². The molecular weight excluding hydrogens is 471 g/mol. The molecule has 4 aromatic rings. The van der Waals surface area contributed by atoms with Crippen LogP contribution in [0.3, 0.4) is 0 Å². The lowest BCUT2D eigenvalue weighted by molar-refractivity contribution is -0.144. The van der Waals surface area contributed by atoms with E-state index in [-0.39, 0.29) is 11.7 Å². The molecule has 37 heavy (non-hydrogen) atoms.